The molecule has 0 aromatic heterocycles. The van der Waals surface area contributed by atoms with Crippen LogP contribution in [0.1, 0.15) is 33.4 Å². The van der Waals surface area contributed by atoms with Gasteiger partial charge in [-0.15, -0.1) is 24.8 Å². The topological polar surface area (TPSA) is 215 Å². The van der Waals surface area contributed by atoms with Crippen molar-refractivity contribution < 1.29 is 29.4 Å². The van der Waals surface area contributed by atoms with Gasteiger partial charge in [-0.25, -0.2) is 0 Å². The Morgan fingerprint density at radius 1 is 0.589 bits per heavy atom. The van der Waals surface area contributed by atoms with E-state index in [-0.39, 0.29) is 75.2 Å². The lowest BCUT2D eigenvalue weighted by Gasteiger charge is -2.37. The molecule has 2 unspecified atom stereocenters. The summed E-state index contributed by atoms with van der Waals surface area (Å²) in [6, 6.07) is 20.3. The van der Waals surface area contributed by atoms with Crippen molar-refractivity contribution in [3.05, 3.63) is 106 Å². The van der Waals surface area contributed by atoms with Gasteiger partial charge < -0.3 is 52.7 Å². The van der Waals surface area contributed by atoms with E-state index >= 15 is 0 Å². The first-order valence-electron chi connectivity index (χ1n) is 17.8. The maximum Gasteiger partial charge on any atom is 0.296 e. The molecule has 2 saturated heterocycles. The molecule has 16 heteroatoms. The standard InChI is InChI=1S/C40H46N8O6.2ClH/c41-25-29-5-9-31(10-6-29)27-45-35(49)13-15-39(53,37(51)47-21-17-43-18-22-47)33-3-1-2-4-34(33)40(54,38(52)48-23-19-44-20-24-48)16-14-36(50)46-28-32-11-7-30(26-42)8-12-32;;/h1-12,43-44,53-54H,17-28,41-42H2,(H,45,49)(H,46,50);2*1H. The highest BCUT2D eigenvalue weighted by Gasteiger charge is 2.48. The molecule has 298 valence electrons. The number of nitrogens with one attached hydrogen (secondary N) is 4. The van der Waals surface area contributed by atoms with Crippen LogP contribution in [0.3, 0.4) is 0 Å². The van der Waals surface area contributed by atoms with Crippen molar-refractivity contribution in [2.45, 2.75) is 37.4 Å². The van der Waals surface area contributed by atoms with Crippen LogP contribution in [0.5, 0.6) is 0 Å². The lowest BCUT2D eigenvalue weighted by molar-refractivity contribution is -0.149. The van der Waals surface area contributed by atoms with Gasteiger partial charge in [-0.3, -0.25) is 19.2 Å². The van der Waals surface area contributed by atoms with Gasteiger partial charge in [0.2, 0.25) is 11.2 Å². The smallest absolute Gasteiger partial charge is 0.296 e. The van der Waals surface area contributed by atoms with Gasteiger partial charge in [0.1, 0.15) is 0 Å². The molecule has 3 aromatic rings. The van der Waals surface area contributed by atoms with Crippen LogP contribution in [0.15, 0.2) is 72.8 Å². The van der Waals surface area contributed by atoms with E-state index in [1.807, 2.05) is 48.5 Å². The first kappa shape index (κ1) is 45.4. The second-order valence-corrected chi connectivity index (χ2v) is 13.0. The number of piperazine rings is 2. The summed E-state index contributed by atoms with van der Waals surface area (Å²) in [5, 5.41) is 36.4. The molecule has 2 fully saturated rings. The fourth-order valence-electron chi connectivity index (χ4n) is 6.11. The number of halogens is 2. The van der Waals surface area contributed by atoms with E-state index in [0.29, 0.717) is 39.3 Å². The predicted octanol–water partition coefficient (Wildman–Crippen LogP) is -0.674. The fourth-order valence-corrected chi connectivity index (χ4v) is 6.11. The number of carbonyl (C=O) groups is 4. The molecule has 2 aliphatic heterocycles. The SMILES string of the molecule is Cl.Cl.NCc1ccc(CNC(=O)C#CC(O)(C(=O)N2CCNCC2)c2ccccc2C(O)(C#CC(=O)NCc2ccc(CN)cc2)C(=O)N2CCNCC2)cc1. The van der Waals surface area contributed by atoms with Crippen LogP contribution < -0.4 is 32.7 Å². The highest BCUT2D eigenvalue weighted by molar-refractivity contribution is 5.99. The largest absolute Gasteiger partial charge is 0.366 e. The van der Waals surface area contributed by atoms with Crippen LogP contribution in [-0.2, 0) is 56.6 Å². The molecule has 10 N–H and O–H groups in total. The molecule has 0 bridgehead atoms. The maximum absolute atomic E-state index is 14.3. The molecule has 0 spiro atoms. The summed E-state index contributed by atoms with van der Waals surface area (Å²) >= 11 is 0. The molecule has 2 heterocycles. The monoisotopic (exact) mass is 806 g/mol. The third-order valence-electron chi connectivity index (χ3n) is 9.27. The van der Waals surface area contributed by atoms with E-state index in [4.69, 9.17) is 11.5 Å². The maximum atomic E-state index is 14.3. The van der Waals surface area contributed by atoms with Crippen LogP contribution in [-0.4, -0.2) is 96.0 Å². The normalized spacial score (nSPS) is 15.7. The van der Waals surface area contributed by atoms with Gasteiger partial charge in [0, 0.05) is 89.7 Å². The van der Waals surface area contributed by atoms with Gasteiger partial charge in [0.15, 0.2) is 0 Å². The van der Waals surface area contributed by atoms with Crippen LogP contribution in [0.4, 0.5) is 0 Å². The highest BCUT2D eigenvalue weighted by atomic mass is 35.5. The van der Waals surface area contributed by atoms with E-state index in [1.165, 1.54) is 34.1 Å². The van der Waals surface area contributed by atoms with Crippen molar-refractivity contribution in [1.29, 1.82) is 0 Å². The zero-order chi connectivity index (χ0) is 38.6. The zero-order valence-corrected chi connectivity index (χ0v) is 32.4. The van der Waals surface area contributed by atoms with E-state index in [9.17, 15) is 29.4 Å². The Kier molecular flexibility index (Phi) is 17.3. The quantitative estimate of drug-likeness (QED) is 0.121. The minimum atomic E-state index is -2.72. The summed E-state index contributed by atoms with van der Waals surface area (Å²) in [4.78, 5) is 57.4. The van der Waals surface area contributed by atoms with Gasteiger partial charge in [-0.1, -0.05) is 72.8 Å². The number of nitrogens with zero attached hydrogens (tertiary/aromatic N) is 2. The molecular formula is C40H48Cl2N8O6. The van der Waals surface area contributed by atoms with Gasteiger partial charge in [0.05, 0.1) is 0 Å². The number of hydrogen-bond acceptors (Lipinski definition) is 10. The third kappa shape index (κ3) is 11.3. The van der Waals surface area contributed by atoms with E-state index in [2.05, 4.69) is 44.9 Å². The summed E-state index contributed by atoms with van der Waals surface area (Å²) in [5.74, 6) is 6.47. The zero-order valence-electron chi connectivity index (χ0n) is 30.8. The van der Waals surface area contributed by atoms with Crippen molar-refractivity contribution in [2.24, 2.45) is 11.5 Å². The summed E-state index contributed by atoms with van der Waals surface area (Å²) in [5.41, 5.74) is 8.82. The lowest BCUT2D eigenvalue weighted by Crippen LogP contribution is -2.56. The molecule has 56 heavy (non-hydrogen) atoms. The molecule has 4 amide bonds. The molecular weight excluding hydrogens is 759 g/mol. The number of nitrogens with two attached hydrogens (primary N) is 2. The Balaban J connectivity index is 0.00000420. The molecule has 0 aliphatic carbocycles. The predicted molar refractivity (Wildman–Crippen MR) is 216 cm³/mol. The summed E-state index contributed by atoms with van der Waals surface area (Å²) in [6.45, 7) is 3.70. The number of rotatable bonds is 10. The Bertz CT molecular complexity index is 1810. The minimum Gasteiger partial charge on any atom is -0.366 e. The van der Waals surface area contributed by atoms with E-state index in [0.717, 1.165) is 22.3 Å². The van der Waals surface area contributed by atoms with Gasteiger partial charge in [-0.05, 0) is 45.9 Å². The van der Waals surface area contributed by atoms with Crippen LogP contribution >= 0.6 is 24.8 Å². The highest BCUT2D eigenvalue weighted by Crippen LogP contribution is 2.35. The molecule has 0 saturated carbocycles. The van der Waals surface area contributed by atoms with Crippen molar-refractivity contribution in [1.82, 2.24) is 31.1 Å². The molecule has 2 atom stereocenters. The molecule has 2 aliphatic rings. The average molecular weight is 808 g/mol. The van der Waals surface area contributed by atoms with E-state index in [1.54, 1.807) is 0 Å². The first-order valence-corrected chi connectivity index (χ1v) is 17.8. The third-order valence-corrected chi connectivity index (χ3v) is 9.27. The Hall–Kier alpha value is -5.00. The summed E-state index contributed by atoms with van der Waals surface area (Å²) < 4.78 is 0. The number of amides is 4. The van der Waals surface area contributed by atoms with Crippen molar-refractivity contribution in [3.63, 3.8) is 0 Å². The minimum absolute atomic E-state index is 0. The molecule has 5 rings (SSSR count). The average Bonchev–Trinajstić information content (AvgIpc) is 3.23. The van der Waals surface area contributed by atoms with Gasteiger partial charge in [-0.2, -0.15) is 0 Å². The van der Waals surface area contributed by atoms with Crippen LogP contribution in [0.25, 0.3) is 0 Å². The van der Waals surface area contributed by atoms with Crippen LogP contribution in [0.2, 0.25) is 0 Å². The number of hydrogen-bond donors (Lipinski definition) is 8. The number of aliphatic hydroxyl groups is 2. The molecule has 0 radical (unpaired) electrons. The van der Waals surface area contributed by atoms with Crippen molar-refractivity contribution in [2.75, 3.05) is 52.4 Å². The Labute approximate surface area is 339 Å². The van der Waals surface area contributed by atoms with Gasteiger partial charge in [0.25, 0.3) is 23.6 Å². The molecule has 3 aromatic carbocycles. The lowest BCUT2D eigenvalue weighted by atomic mass is 9.80. The van der Waals surface area contributed by atoms with Crippen LogP contribution in [0, 0.1) is 23.7 Å². The second-order valence-electron chi connectivity index (χ2n) is 13.0. The van der Waals surface area contributed by atoms with Crippen molar-refractivity contribution in [3.8, 4) is 23.7 Å². The Morgan fingerprint density at radius 3 is 1.23 bits per heavy atom. The Morgan fingerprint density at radius 2 is 0.911 bits per heavy atom. The summed E-state index contributed by atoms with van der Waals surface area (Å²) in [7, 11) is 0. The first-order chi connectivity index (χ1) is 26.1. The number of benzene rings is 3. The molecule has 14 nitrogen and oxygen atoms in total. The number of carbonyl (C=O) groups excluding carboxylic acids is 4. The van der Waals surface area contributed by atoms with Crippen molar-refractivity contribution >= 4 is 48.4 Å². The summed E-state index contributed by atoms with van der Waals surface area (Å²) in [6.07, 6.45) is 0. The fraction of sp³-hybridized carbons (Fsp3) is 0.350. The van der Waals surface area contributed by atoms with Gasteiger partial charge >= 0.3 is 0 Å². The van der Waals surface area contributed by atoms with E-state index < -0.39 is 34.8 Å². The second kappa shape index (κ2) is 21.3.